The van der Waals surface area contributed by atoms with Gasteiger partial charge in [-0.2, -0.15) is 0 Å². The van der Waals surface area contributed by atoms with Crippen LogP contribution >= 0.6 is 11.8 Å². The van der Waals surface area contributed by atoms with E-state index in [4.69, 9.17) is 5.73 Å². The highest BCUT2D eigenvalue weighted by atomic mass is 32.3. The minimum atomic E-state index is -3.59. The highest BCUT2D eigenvalue weighted by Gasteiger charge is 2.23. The number of sulfone groups is 1. The first kappa shape index (κ1) is 18.7. The van der Waals surface area contributed by atoms with Crippen molar-refractivity contribution in [3.63, 3.8) is 0 Å². The second-order valence-electron chi connectivity index (χ2n) is 4.48. The summed E-state index contributed by atoms with van der Waals surface area (Å²) >= 11 is 0.780. The molecule has 0 unspecified atom stereocenters. The molecule has 0 aliphatic heterocycles. The summed E-state index contributed by atoms with van der Waals surface area (Å²) in [6, 6.07) is 0. The fraction of sp³-hybridized carbons (Fsp3) is 0.455. The van der Waals surface area contributed by atoms with Crippen LogP contribution in [-0.2, 0) is 19.4 Å². The highest BCUT2D eigenvalue weighted by Crippen LogP contribution is 2.22. The number of primary amides is 1. The standard InChI is InChI=1S/C11H18N2O5S2/c1-7(9(12)14)5-8(20(4,17)18)19-6-13-10(15)11(2,3)16/h5,16H,1,6H2,2-4H3,(H2,12,14)(H,13,15)/b8-5+. The number of thioether (sulfide) groups is 1. The summed E-state index contributed by atoms with van der Waals surface area (Å²) < 4.78 is 22.9. The van der Waals surface area contributed by atoms with Crippen LogP contribution in [0, 0.1) is 0 Å². The Morgan fingerprint density at radius 1 is 1.45 bits per heavy atom. The summed E-state index contributed by atoms with van der Waals surface area (Å²) in [6.45, 7) is 5.94. The van der Waals surface area contributed by atoms with Gasteiger partial charge in [-0.1, -0.05) is 18.3 Å². The van der Waals surface area contributed by atoms with E-state index >= 15 is 0 Å². The average Bonchev–Trinajstić information content (AvgIpc) is 2.24. The molecule has 0 spiro atoms. The number of hydrogen-bond acceptors (Lipinski definition) is 6. The fourth-order valence-corrected chi connectivity index (χ4v) is 2.82. The van der Waals surface area contributed by atoms with Gasteiger partial charge in [-0.3, -0.25) is 9.59 Å². The molecule has 0 saturated heterocycles. The Morgan fingerprint density at radius 2 is 1.95 bits per heavy atom. The third-order valence-electron chi connectivity index (χ3n) is 1.98. The zero-order chi connectivity index (χ0) is 16.1. The van der Waals surface area contributed by atoms with Gasteiger partial charge in [0.1, 0.15) is 9.84 Å². The van der Waals surface area contributed by atoms with Crippen molar-refractivity contribution >= 4 is 33.4 Å². The maximum atomic E-state index is 11.5. The van der Waals surface area contributed by atoms with E-state index in [0.29, 0.717) is 0 Å². The van der Waals surface area contributed by atoms with Crippen LogP contribution < -0.4 is 11.1 Å². The number of nitrogens with one attached hydrogen (secondary N) is 1. The predicted molar refractivity (Wildman–Crippen MR) is 78.2 cm³/mol. The van der Waals surface area contributed by atoms with Crippen molar-refractivity contribution in [3.8, 4) is 0 Å². The summed E-state index contributed by atoms with van der Waals surface area (Å²) in [7, 11) is -3.59. The van der Waals surface area contributed by atoms with Crippen molar-refractivity contribution in [2.75, 3.05) is 12.1 Å². The van der Waals surface area contributed by atoms with E-state index < -0.39 is 27.3 Å². The smallest absolute Gasteiger partial charge is 0.252 e. The number of amides is 2. The third kappa shape index (κ3) is 6.73. The van der Waals surface area contributed by atoms with Crippen molar-refractivity contribution in [1.29, 1.82) is 0 Å². The maximum Gasteiger partial charge on any atom is 0.252 e. The van der Waals surface area contributed by atoms with Gasteiger partial charge in [0, 0.05) is 11.8 Å². The molecule has 0 rings (SSSR count). The first-order valence-corrected chi connectivity index (χ1v) is 8.27. The summed E-state index contributed by atoms with van der Waals surface area (Å²) in [6.07, 6.45) is 2.00. The lowest BCUT2D eigenvalue weighted by Crippen LogP contribution is -2.41. The first-order valence-electron chi connectivity index (χ1n) is 5.39. The minimum Gasteiger partial charge on any atom is -0.381 e. The van der Waals surface area contributed by atoms with E-state index in [2.05, 4.69) is 11.9 Å². The lowest BCUT2D eigenvalue weighted by Gasteiger charge is -2.16. The lowest BCUT2D eigenvalue weighted by atomic mass is 10.1. The number of rotatable bonds is 7. The number of aliphatic hydroxyl groups is 1. The van der Waals surface area contributed by atoms with Crippen LogP contribution in [-0.4, -0.2) is 43.1 Å². The molecule has 0 heterocycles. The molecule has 0 fully saturated rings. The van der Waals surface area contributed by atoms with Crippen LogP contribution in [0.4, 0.5) is 0 Å². The Labute approximate surface area is 122 Å². The summed E-state index contributed by atoms with van der Waals surface area (Å²) in [4.78, 5) is 22.2. The van der Waals surface area contributed by atoms with Crippen LogP contribution in [0.15, 0.2) is 22.5 Å². The Balaban J connectivity index is 4.86. The average molecular weight is 322 g/mol. The molecule has 0 radical (unpaired) electrons. The van der Waals surface area contributed by atoms with E-state index in [1.807, 2.05) is 0 Å². The molecule has 0 saturated carbocycles. The normalized spacial score (nSPS) is 12.9. The van der Waals surface area contributed by atoms with Crippen LogP contribution in [0.25, 0.3) is 0 Å². The third-order valence-corrected chi connectivity index (χ3v) is 4.78. The topological polar surface area (TPSA) is 127 Å². The van der Waals surface area contributed by atoms with Gasteiger partial charge in [-0.15, -0.1) is 0 Å². The van der Waals surface area contributed by atoms with E-state index in [-0.39, 0.29) is 15.7 Å². The Bertz CT molecular complexity index is 544. The molecule has 0 aromatic rings. The molecule has 0 bridgehead atoms. The van der Waals surface area contributed by atoms with Gasteiger partial charge < -0.3 is 16.2 Å². The molecular formula is C11H18N2O5S2. The number of carbonyl (C=O) groups is 2. The summed E-state index contributed by atoms with van der Waals surface area (Å²) in [5.74, 6) is -1.58. The molecule has 0 aromatic heterocycles. The monoisotopic (exact) mass is 322 g/mol. The molecule has 9 heteroatoms. The van der Waals surface area contributed by atoms with Crippen LogP contribution in [0.5, 0.6) is 0 Å². The largest absolute Gasteiger partial charge is 0.381 e. The number of hydrogen-bond donors (Lipinski definition) is 3. The first-order chi connectivity index (χ1) is 8.85. The molecule has 0 atom stereocenters. The van der Waals surface area contributed by atoms with Gasteiger partial charge in [-0.25, -0.2) is 8.42 Å². The molecule has 0 aromatic carbocycles. The molecule has 0 aliphatic carbocycles. The van der Waals surface area contributed by atoms with Gasteiger partial charge >= 0.3 is 0 Å². The number of carbonyl (C=O) groups excluding carboxylic acids is 2. The van der Waals surface area contributed by atoms with Crippen molar-refractivity contribution in [2.45, 2.75) is 19.4 Å². The zero-order valence-corrected chi connectivity index (χ0v) is 13.1. The molecule has 0 aliphatic rings. The second kappa shape index (κ2) is 6.91. The van der Waals surface area contributed by atoms with Gasteiger partial charge in [0.2, 0.25) is 5.91 Å². The highest BCUT2D eigenvalue weighted by molar-refractivity contribution is 8.18. The Morgan fingerprint density at radius 3 is 2.30 bits per heavy atom. The Hall–Kier alpha value is -1.32. The lowest BCUT2D eigenvalue weighted by molar-refractivity contribution is -0.135. The maximum absolute atomic E-state index is 11.5. The molecule has 7 nitrogen and oxygen atoms in total. The molecule has 4 N–H and O–H groups in total. The predicted octanol–water partition coefficient (Wildman–Crippen LogP) is -0.508. The molecular weight excluding hydrogens is 304 g/mol. The summed E-state index contributed by atoms with van der Waals surface area (Å²) in [5, 5.41) is 11.8. The van der Waals surface area contributed by atoms with E-state index in [0.717, 1.165) is 24.1 Å². The van der Waals surface area contributed by atoms with Gasteiger partial charge in [0.15, 0.2) is 9.84 Å². The second-order valence-corrected chi connectivity index (χ2v) is 7.74. The fourth-order valence-electron chi connectivity index (χ4n) is 0.858. The minimum absolute atomic E-state index is 0.0895. The van der Waals surface area contributed by atoms with E-state index in [9.17, 15) is 23.1 Å². The van der Waals surface area contributed by atoms with Crippen molar-refractivity contribution in [1.82, 2.24) is 5.32 Å². The van der Waals surface area contributed by atoms with Crippen molar-refractivity contribution in [3.05, 3.63) is 22.5 Å². The van der Waals surface area contributed by atoms with Gasteiger partial charge in [0.25, 0.3) is 5.91 Å². The van der Waals surface area contributed by atoms with E-state index in [1.165, 1.54) is 13.8 Å². The molecule has 2 amide bonds. The van der Waals surface area contributed by atoms with Crippen LogP contribution in [0.3, 0.4) is 0 Å². The number of nitrogens with two attached hydrogens (primary N) is 1. The van der Waals surface area contributed by atoms with Gasteiger partial charge in [0.05, 0.1) is 5.88 Å². The summed E-state index contributed by atoms with van der Waals surface area (Å²) in [5.41, 5.74) is 3.25. The molecule has 114 valence electrons. The molecule has 20 heavy (non-hydrogen) atoms. The van der Waals surface area contributed by atoms with Crippen molar-refractivity contribution in [2.24, 2.45) is 5.73 Å². The van der Waals surface area contributed by atoms with Gasteiger partial charge in [-0.05, 0) is 19.9 Å². The SMILES string of the molecule is C=C(/C=C(\SCNC(=O)C(C)(C)O)S(C)(=O)=O)C(N)=O. The zero-order valence-electron chi connectivity index (χ0n) is 11.5. The quantitative estimate of drug-likeness (QED) is 0.329. The van der Waals surface area contributed by atoms with Crippen molar-refractivity contribution < 1.29 is 23.1 Å². The van der Waals surface area contributed by atoms with Crippen LogP contribution in [0.2, 0.25) is 0 Å². The van der Waals surface area contributed by atoms with Crippen LogP contribution in [0.1, 0.15) is 13.8 Å². The van der Waals surface area contributed by atoms with E-state index in [1.54, 1.807) is 0 Å². The Kier molecular flexibility index (Phi) is 6.45.